The average molecular weight is 282 g/mol. The lowest BCUT2D eigenvalue weighted by Crippen LogP contribution is -2.63. The van der Waals surface area contributed by atoms with Crippen LogP contribution in [0.3, 0.4) is 0 Å². The Balaban J connectivity index is 1.96. The second-order valence-electron chi connectivity index (χ2n) is 6.97. The van der Waals surface area contributed by atoms with Gasteiger partial charge in [-0.2, -0.15) is 0 Å². The predicted molar refractivity (Wildman–Crippen MR) is 84.9 cm³/mol. The molecule has 1 saturated heterocycles. The highest BCUT2D eigenvalue weighted by molar-refractivity contribution is 4.97. The predicted octanol–water partition coefficient (Wildman–Crippen LogP) is 3.32. The summed E-state index contributed by atoms with van der Waals surface area (Å²) in [6.07, 6.45) is 12.3. The number of fused-ring (bicyclic) bond motifs is 1. The Morgan fingerprint density at radius 3 is 2.75 bits per heavy atom. The number of nitrogens with two attached hydrogens (primary N) is 1. The van der Waals surface area contributed by atoms with E-state index in [-0.39, 0.29) is 5.54 Å². The van der Waals surface area contributed by atoms with Crippen molar-refractivity contribution in [3.05, 3.63) is 0 Å². The van der Waals surface area contributed by atoms with Gasteiger partial charge in [-0.05, 0) is 26.2 Å². The van der Waals surface area contributed by atoms with Crippen LogP contribution < -0.4 is 5.73 Å². The molecule has 1 saturated carbocycles. The second kappa shape index (κ2) is 7.77. The van der Waals surface area contributed by atoms with Crippen molar-refractivity contribution < 1.29 is 4.74 Å². The van der Waals surface area contributed by atoms with Crippen molar-refractivity contribution in [3.8, 4) is 0 Å². The molecule has 0 aromatic heterocycles. The van der Waals surface area contributed by atoms with Crippen LogP contribution in [0.25, 0.3) is 0 Å². The van der Waals surface area contributed by atoms with E-state index in [4.69, 9.17) is 10.5 Å². The molecule has 0 amide bonds. The second-order valence-corrected chi connectivity index (χ2v) is 6.97. The zero-order chi connectivity index (χ0) is 14.4. The van der Waals surface area contributed by atoms with Gasteiger partial charge in [-0.3, -0.25) is 4.90 Å². The number of hydrogen-bond donors (Lipinski definition) is 1. The Kier molecular flexibility index (Phi) is 6.31. The van der Waals surface area contributed by atoms with Crippen LogP contribution in [0, 0.1) is 0 Å². The zero-order valence-electron chi connectivity index (χ0n) is 13.6. The van der Waals surface area contributed by atoms with E-state index in [0.717, 1.165) is 19.7 Å². The third-order valence-corrected chi connectivity index (χ3v) is 5.43. The lowest BCUT2D eigenvalue weighted by atomic mass is 9.84. The van der Waals surface area contributed by atoms with Gasteiger partial charge in [0.05, 0.1) is 12.7 Å². The van der Waals surface area contributed by atoms with Gasteiger partial charge in [-0.15, -0.1) is 0 Å². The van der Waals surface area contributed by atoms with Crippen molar-refractivity contribution in [2.75, 3.05) is 19.7 Å². The summed E-state index contributed by atoms with van der Waals surface area (Å²) in [5, 5.41) is 0. The van der Waals surface area contributed by atoms with Gasteiger partial charge in [0.25, 0.3) is 0 Å². The summed E-state index contributed by atoms with van der Waals surface area (Å²) in [5.41, 5.74) is 6.37. The molecular weight excluding hydrogens is 248 g/mol. The van der Waals surface area contributed by atoms with E-state index in [1.54, 1.807) is 0 Å². The topological polar surface area (TPSA) is 38.5 Å². The van der Waals surface area contributed by atoms with Crippen LogP contribution in [0.1, 0.15) is 71.6 Å². The Morgan fingerprint density at radius 2 is 2.00 bits per heavy atom. The van der Waals surface area contributed by atoms with Crippen molar-refractivity contribution in [3.63, 3.8) is 0 Å². The van der Waals surface area contributed by atoms with Gasteiger partial charge in [0.15, 0.2) is 0 Å². The van der Waals surface area contributed by atoms with Crippen molar-refractivity contribution in [1.82, 2.24) is 4.90 Å². The molecule has 0 aromatic rings. The monoisotopic (exact) mass is 282 g/mol. The summed E-state index contributed by atoms with van der Waals surface area (Å²) in [7, 11) is 0. The van der Waals surface area contributed by atoms with Crippen molar-refractivity contribution in [2.24, 2.45) is 5.73 Å². The van der Waals surface area contributed by atoms with Crippen LogP contribution >= 0.6 is 0 Å². The van der Waals surface area contributed by atoms with Crippen LogP contribution in [-0.4, -0.2) is 42.3 Å². The van der Waals surface area contributed by atoms with Gasteiger partial charge < -0.3 is 10.5 Å². The first-order valence-electron chi connectivity index (χ1n) is 8.79. The largest absolute Gasteiger partial charge is 0.375 e. The maximum Gasteiger partial charge on any atom is 0.0731 e. The van der Waals surface area contributed by atoms with Crippen molar-refractivity contribution >= 4 is 0 Å². The number of ether oxygens (including phenoxy) is 1. The smallest absolute Gasteiger partial charge is 0.0731 e. The molecule has 3 nitrogen and oxygen atoms in total. The summed E-state index contributed by atoms with van der Waals surface area (Å²) < 4.78 is 6.01. The molecule has 20 heavy (non-hydrogen) atoms. The molecule has 3 atom stereocenters. The quantitative estimate of drug-likeness (QED) is 0.728. The number of morpholine rings is 1. The van der Waals surface area contributed by atoms with Crippen LogP contribution in [0.5, 0.6) is 0 Å². The first kappa shape index (κ1) is 16.3. The third kappa shape index (κ3) is 3.75. The lowest BCUT2D eigenvalue weighted by Gasteiger charge is -2.52. The minimum atomic E-state index is 0.178. The minimum absolute atomic E-state index is 0.178. The molecule has 0 aromatic carbocycles. The zero-order valence-corrected chi connectivity index (χ0v) is 13.6. The third-order valence-electron chi connectivity index (χ3n) is 5.43. The van der Waals surface area contributed by atoms with E-state index < -0.39 is 0 Å². The Hall–Kier alpha value is -0.120. The molecule has 1 aliphatic carbocycles. The molecule has 2 fully saturated rings. The average Bonchev–Trinajstić information content (AvgIpc) is 2.51. The fraction of sp³-hybridized carbons (Fsp3) is 1.00. The molecule has 0 spiro atoms. The summed E-state index contributed by atoms with van der Waals surface area (Å²) in [5.74, 6) is 0. The Morgan fingerprint density at radius 1 is 1.20 bits per heavy atom. The molecule has 3 unspecified atom stereocenters. The maximum atomic E-state index is 6.19. The van der Waals surface area contributed by atoms with Gasteiger partial charge in [-0.25, -0.2) is 0 Å². The van der Waals surface area contributed by atoms with Crippen LogP contribution in [0.2, 0.25) is 0 Å². The van der Waals surface area contributed by atoms with Gasteiger partial charge in [-0.1, -0.05) is 45.4 Å². The molecule has 2 N–H and O–H groups in total. The molecule has 1 aliphatic heterocycles. The number of nitrogens with zero attached hydrogens (tertiary/aromatic N) is 1. The van der Waals surface area contributed by atoms with Crippen LogP contribution in [-0.2, 0) is 4.74 Å². The highest BCUT2D eigenvalue weighted by Gasteiger charge is 2.42. The SMILES string of the molecule is CCCCCCC(C)(CN)N1CCOC2CCCCC21. The van der Waals surface area contributed by atoms with Crippen molar-refractivity contribution in [1.29, 1.82) is 0 Å². The first-order valence-corrected chi connectivity index (χ1v) is 8.79. The Bertz CT molecular complexity index is 282. The molecule has 0 bridgehead atoms. The first-order chi connectivity index (χ1) is 9.71. The fourth-order valence-electron chi connectivity index (χ4n) is 4.06. The molecule has 3 heteroatoms. The normalized spacial score (nSPS) is 30.8. The van der Waals surface area contributed by atoms with Gasteiger partial charge >= 0.3 is 0 Å². The molecule has 2 aliphatic rings. The van der Waals surface area contributed by atoms with Gasteiger partial charge in [0, 0.05) is 24.7 Å². The summed E-state index contributed by atoms with van der Waals surface area (Å²) >= 11 is 0. The van der Waals surface area contributed by atoms with Crippen LogP contribution in [0.15, 0.2) is 0 Å². The highest BCUT2D eigenvalue weighted by Crippen LogP contribution is 2.34. The van der Waals surface area contributed by atoms with E-state index >= 15 is 0 Å². The molecular formula is C17H34N2O. The highest BCUT2D eigenvalue weighted by atomic mass is 16.5. The summed E-state index contributed by atoms with van der Waals surface area (Å²) in [6, 6.07) is 0.622. The standard InChI is InChI=1S/C17H34N2O/c1-3-4-5-8-11-17(2,14-18)19-12-13-20-16-10-7-6-9-15(16)19/h15-16H,3-14,18H2,1-2H3. The van der Waals surface area contributed by atoms with E-state index in [1.165, 1.54) is 57.8 Å². The number of hydrogen-bond acceptors (Lipinski definition) is 3. The number of rotatable bonds is 7. The summed E-state index contributed by atoms with van der Waals surface area (Å²) in [6.45, 7) is 7.41. The van der Waals surface area contributed by atoms with Gasteiger partial charge in [0.1, 0.15) is 0 Å². The lowest BCUT2D eigenvalue weighted by molar-refractivity contribution is -0.123. The molecule has 1 heterocycles. The summed E-state index contributed by atoms with van der Waals surface area (Å²) in [4.78, 5) is 2.71. The van der Waals surface area contributed by atoms with E-state index in [2.05, 4.69) is 18.7 Å². The van der Waals surface area contributed by atoms with E-state index in [1.807, 2.05) is 0 Å². The van der Waals surface area contributed by atoms with Gasteiger partial charge in [0.2, 0.25) is 0 Å². The molecule has 0 radical (unpaired) electrons. The Labute approximate surface area is 125 Å². The minimum Gasteiger partial charge on any atom is -0.375 e. The maximum absolute atomic E-state index is 6.19. The van der Waals surface area contributed by atoms with E-state index in [0.29, 0.717) is 12.1 Å². The van der Waals surface area contributed by atoms with Crippen LogP contribution in [0.4, 0.5) is 0 Å². The van der Waals surface area contributed by atoms with Crippen molar-refractivity contribution in [2.45, 2.75) is 89.3 Å². The molecule has 2 rings (SSSR count). The fourth-order valence-corrected chi connectivity index (χ4v) is 4.06. The van der Waals surface area contributed by atoms with E-state index in [9.17, 15) is 0 Å². The number of unbranched alkanes of at least 4 members (excludes halogenated alkanes) is 3. The molecule has 118 valence electrons.